The first-order valence-electron chi connectivity index (χ1n) is 6.21. The average molecular weight is 304 g/mol. The van der Waals surface area contributed by atoms with Gasteiger partial charge >= 0.3 is 0 Å². The zero-order chi connectivity index (χ0) is 14.4. The maximum absolute atomic E-state index is 12.3. The van der Waals surface area contributed by atoms with E-state index in [0.717, 1.165) is 13.0 Å². The minimum absolute atomic E-state index is 0.101. The molecule has 0 saturated heterocycles. The van der Waals surface area contributed by atoms with Crippen LogP contribution in [0.5, 0.6) is 0 Å². The number of rotatable bonds is 6. The lowest BCUT2D eigenvalue weighted by Crippen LogP contribution is -2.33. The van der Waals surface area contributed by atoms with E-state index in [1.165, 1.54) is 0 Å². The normalized spacial score (nSPS) is 10.8. The van der Waals surface area contributed by atoms with Gasteiger partial charge in [0.25, 0.3) is 5.91 Å². The Kier molecular flexibility index (Phi) is 6.55. The predicted molar refractivity (Wildman–Crippen MR) is 79.0 cm³/mol. The van der Waals surface area contributed by atoms with E-state index in [0.29, 0.717) is 18.7 Å². The molecule has 0 aliphatic rings. The number of nitrogens with zero attached hydrogens (tertiary/aromatic N) is 3. The van der Waals surface area contributed by atoms with Crippen molar-refractivity contribution in [3.63, 3.8) is 0 Å². The summed E-state index contributed by atoms with van der Waals surface area (Å²) in [4.78, 5) is 20.1. The monoisotopic (exact) mass is 303 g/mol. The highest BCUT2D eigenvalue weighted by molar-refractivity contribution is 6.34. The fourth-order valence-corrected chi connectivity index (χ4v) is 2.15. The van der Waals surface area contributed by atoms with Crippen molar-refractivity contribution in [1.29, 1.82) is 0 Å². The van der Waals surface area contributed by atoms with Gasteiger partial charge in [-0.2, -0.15) is 0 Å². The first-order valence-corrected chi connectivity index (χ1v) is 6.97. The second-order valence-electron chi connectivity index (χ2n) is 4.51. The molecule has 0 unspecified atom stereocenters. The summed E-state index contributed by atoms with van der Waals surface area (Å²) in [6.45, 7) is 4.23. The van der Waals surface area contributed by atoms with Crippen molar-refractivity contribution in [2.75, 3.05) is 33.7 Å². The molecule has 0 aliphatic carbocycles. The van der Waals surface area contributed by atoms with Gasteiger partial charge in [-0.15, -0.1) is 0 Å². The highest BCUT2D eigenvalue weighted by Crippen LogP contribution is 2.18. The number of pyridine rings is 1. The van der Waals surface area contributed by atoms with Crippen LogP contribution in [0, 0.1) is 0 Å². The van der Waals surface area contributed by atoms with Crippen molar-refractivity contribution in [1.82, 2.24) is 14.8 Å². The molecule has 1 aromatic heterocycles. The van der Waals surface area contributed by atoms with E-state index in [2.05, 4.69) is 9.88 Å². The molecule has 0 atom stereocenters. The second kappa shape index (κ2) is 7.68. The van der Waals surface area contributed by atoms with Crippen LogP contribution < -0.4 is 0 Å². The van der Waals surface area contributed by atoms with E-state index >= 15 is 0 Å². The van der Waals surface area contributed by atoms with Crippen molar-refractivity contribution >= 4 is 29.1 Å². The van der Waals surface area contributed by atoms with Crippen LogP contribution in [0.15, 0.2) is 12.1 Å². The summed E-state index contributed by atoms with van der Waals surface area (Å²) in [6, 6.07) is 3.20. The van der Waals surface area contributed by atoms with Gasteiger partial charge in [0, 0.05) is 13.1 Å². The fourth-order valence-electron chi connectivity index (χ4n) is 1.72. The van der Waals surface area contributed by atoms with Crippen LogP contribution in [0.4, 0.5) is 0 Å². The summed E-state index contributed by atoms with van der Waals surface area (Å²) in [5.41, 5.74) is 0.401. The lowest BCUT2D eigenvalue weighted by molar-refractivity contribution is 0.0759. The summed E-state index contributed by atoms with van der Waals surface area (Å²) in [7, 11) is 4.02. The smallest absolute Gasteiger partial charge is 0.256 e. The molecular weight excluding hydrogens is 285 g/mol. The number of halogens is 2. The lowest BCUT2D eigenvalue weighted by atomic mass is 10.2. The van der Waals surface area contributed by atoms with Crippen molar-refractivity contribution in [3.8, 4) is 0 Å². The third-order valence-electron chi connectivity index (χ3n) is 2.75. The van der Waals surface area contributed by atoms with Gasteiger partial charge in [-0.3, -0.25) is 4.79 Å². The summed E-state index contributed by atoms with van der Waals surface area (Å²) in [6.07, 6.45) is 0.922. The van der Waals surface area contributed by atoms with Gasteiger partial charge in [0.2, 0.25) is 0 Å². The number of carbonyl (C=O) groups is 1. The van der Waals surface area contributed by atoms with Gasteiger partial charge in [-0.25, -0.2) is 4.98 Å². The Balaban J connectivity index is 2.72. The zero-order valence-electron chi connectivity index (χ0n) is 11.5. The highest BCUT2D eigenvalue weighted by atomic mass is 35.5. The molecule has 0 spiro atoms. The molecule has 19 heavy (non-hydrogen) atoms. The Morgan fingerprint density at radius 1 is 1.26 bits per heavy atom. The van der Waals surface area contributed by atoms with Crippen molar-refractivity contribution in [2.24, 2.45) is 0 Å². The van der Waals surface area contributed by atoms with Crippen LogP contribution in [0.2, 0.25) is 10.3 Å². The molecule has 0 aromatic carbocycles. The number of hydrogen-bond donors (Lipinski definition) is 0. The molecule has 0 radical (unpaired) electrons. The van der Waals surface area contributed by atoms with Gasteiger partial charge in [-0.05, 0) is 46.1 Å². The zero-order valence-corrected chi connectivity index (χ0v) is 13.0. The SMILES string of the molecule is CCN(CCCN(C)C)C(=O)c1ccc(Cl)nc1Cl. The van der Waals surface area contributed by atoms with Gasteiger partial charge < -0.3 is 9.80 Å². The molecule has 1 rings (SSSR count). The third kappa shape index (κ3) is 4.97. The van der Waals surface area contributed by atoms with Crippen molar-refractivity contribution in [3.05, 3.63) is 28.0 Å². The van der Waals surface area contributed by atoms with Crippen LogP contribution in [-0.4, -0.2) is 54.4 Å². The summed E-state index contributed by atoms with van der Waals surface area (Å²) in [5, 5.41) is 0.445. The summed E-state index contributed by atoms with van der Waals surface area (Å²) >= 11 is 11.7. The summed E-state index contributed by atoms with van der Waals surface area (Å²) in [5.74, 6) is -0.101. The van der Waals surface area contributed by atoms with E-state index < -0.39 is 0 Å². The molecule has 4 nitrogen and oxygen atoms in total. The average Bonchev–Trinajstić information content (AvgIpc) is 2.33. The maximum atomic E-state index is 12.3. The minimum atomic E-state index is -0.101. The highest BCUT2D eigenvalue weighted by Gasteiger charge is 2.17. The van der Waals surface area contributed by atoms with E-state index in [4.69, 9.17) is 23.2 Å². The number of amides is 1. The van der Waals surface area contributed by atoms with Gasteiger partial charge in [-0.1, -0.05) is 23.2 Å². The van der Waals surface area contributed by atoms with Crippen molar-refractivity contribution in [2.45, 2.75) is 13.3 Å². The van der Waals surface area contributed by atoms with Gasteiger partial charge in [0.05, 0.1) is 5.56 Å². The Labute approximate surface area is 124 Å². The fraction of sp³-hybridized carbons (Fsp3) is 0.538. The number of aromatic nitrogens is 1. The predicted octanol–water partition coefficient (Wildman–Crippen LogP) is 2.80. The maximum Gasteiger partial charge on any atom is 0.256 e. The van der Waals surface area contributed by atoms with Crippen LogP contribution in [0.1, 0.15) is 23.7 Å². The molecule has 0 bridgehead atoms. The Morgan fingerprint density at radius 3 is 2.47 bits per heavy atom. The molecule has 0 aliphatic heterocycles. The standard InChI is InChI=1S/C13H19Cl2N3O/c1-4-18(9-5-8-17(2)3)13(19)10-6-7-11(14)16-12(10)15/h6-7H,4-5,8-9H2,1-3H3. The molecule has 0 saturated carbocycles. The molecule has 6 heteroatoms. The molecule has 1 aromatic rings. The molecule has 106 valence electrons. The van der Waals surface area contributed by atoms with Crippen LogP contribution in [-0.2, 0) is 0 Å². The Hall–Kier alpha value is -0.840. The Bertz CT molecular complexity index is 438. The topological polar surface area (TPSA) is 36.4 Å². The first kappa shape index (κ1) is 16.2. The molecule has 0 N–H and O–H groups in total. The van der Waals surface area contributed by atoms with E-state index in [1.54, 1.807) is 17.0 Å². The van der Waals surface area contributed by atoms with E-state index in [1.807, 2.05) is 21.0 Å². The van der Waals surface area contributed by atoms with Crippen LogP contribution in [0.25, 0.3) is 0 Å². The molecule has 1 heterocycles. The quantitative estimate of drug-likeness (QED) is 0.758. The lowest BCUT2D eigenvalue weighted by Gasteiger charge is -2.22. The molecule has 1 amide bonds. The third-order valence-corrected chi connectivity index (χ3v) is 3.25. The van der Waals surface area contributed by atoms with Crippen molar-refractivity contribution < 1.29 is 4.79 Å². The molecule has 0 fully saturated rings. The largest absolute Gasteiger partial charge is 0.339 e. The van der Waals surface area contributed by atoms with E-state index in [9.17, 15) is 4.79 Å². The number of carbonyl (C=O) groups excluding carboxylic acids is 1. The van der Waals surface area contributed by atoms with Crippen LogP contribution in [0.3, 0.4) is 0 Å². The van der Waals surface area contributed by atoms with Gasteiger partial charge in [0.15, 0.2) is 0 Å². The Morgan fingerprint density at radius 2 is 1.95 bits per heavy atom. The van der Waals surface area contributed by atoms with E-state index in [-0.39, 0.29) is 16.2 Å². The summed E-state index contributed by atoms with van der Waals surface area (Å²) < 4.78 is 0. The van der Waals surface area contributed by atoms with Gasteiger partial charge in [0.1, 0.15) is 10.3 Å². The minimum Gasteiger partial charge on any atom is -0.339 e. The second-order valence-corrected chi connectivity index (χ2v) is 5.26. The number of hydrogen-bond acceptors (Lipinski definition) is 3. The first-order chi connectivity index (χ1) is 8.95. The molecular formula is C13H19Cl2N3O. The van der Waals surface area contributed by atoms with Crippen LogP contribution >= 0.6 is 23.2 Å².